The summed E-state index contributed by atoms with van der Waals surface area (Å²) in [7, 11) is 0. The van der Waals surface area contributed by atoms with Crippen LogP contribution >= 0.6 is 0 Å². The first-order valence-electron chi connectivity index (χ1n) is 7.23. The number of carbonyl (C=O) groups excluding carboxylic acids is 1. The van der Waals surface area contributed by atoms with Gasteiger partial charge < -0.3 is 15.4 Å². The Balaban J connectivity index is 2.45. The summed E-state index contributed by atoms with van der Waals surface area (Å²) in [6.45, 7) is 10.4. The van der Waals surface area contributed by atoms with Gasteiger partial charge in [-0.15, -0.1) is 0 Å². The standard InChI is InChI=1S/C16H26N2O2/c1-12(2)11-20-15-7-5-6-14(10-15)16(19)18-9-8-17-13(3)4/h5-7,10,12-13,17H,8-9,11H2,1-4H3,(H,18,19). The summed E-state index contributed by atoms with van der Waals surface area (Å²) in [5, 5.41) is 6.15. The van der Waals surface area contributed by atoms with E-state index < -0.39 is 0 Å². The molecule has 0 saturated carbocycles. The van der Waals surface area contributed by atoms with Gasteiger partial charge in [-0.3, -0.25) is 4.79 Å². The Hall–Kier alpha value is -1.55. The van der Waals surface area contributed by atoms with Gasteiger partial charge in [-0.25, -0.2) is 0 Å². The van der Waals surface area contributed by atoms with Crippen LogP contribution in [0.25, 0.3) is 0 Å². The third-order valence-corrected chi connectivity index (χ3v) is 2.64. The molecule has 0 aliphatic heterocycles. The first-order valence-corrected chi connectivity index (χ1v) is 7.23. The number of hydrogen-bond acceptors (Lipinski definition) is 3. The topological polar surface area (TPSA) is 50.4 Å². The van der Waals surface area contributed by atoms with Crippen molar-refractivity contribution >= 4 is 5.91 Å². The molecule has 0 radical (unpaired) electrons. The van der Waals surface area contributed by atoms with Crippen LogP contribution in [0.5, 0.6) is 5.75 Å². The molecule has 0 spiro atoms. The zero-order chi connectivity index (χ0) is 15.0. The number of nitrogens with one attached hydrogen (secondary N) is 2. The molecule has 20 heavy (non-hydrogen) atoms. The molecule has 1 aromatic carbocycles. The number of carbonyl (C=O) groups is 1. The minimum Gasteiger partial charge on any atom is -0.493 e. The van der Waals surface area contributed by atoms with Gasteiger partial charge in [0.05, 0.1) is 6.61 Å². The molecule has 0 bridgehead atoms. The van der Waals surface area contributed by atoms with Crippen LogP contribution in [0, 0.1) is 5.92 Å². The maximum Gasteiger partial charge on any atom is 0.251 e. The summed E-state index contributed by atoms with van der Waals surface area (Å²) in [5.41, 5.74) is 0.635. The molecule has 0 aliphatic rings. The monoisotopic (exact) mass is 278 g/mol. The van der Waals surface area contributed by atoms with E-state index in [4.69, 9.17) is 4.74 Å². The predicted molar refractivity (Wildman–Crippen MR) is 82.2 cm³/mol. The zero-order valence-electron chi connectivity index (χ0n) is 12.9. The minimum absolute atomic E-state index is 0.0643. The van der Waals surface area contributed by atoms with Gasteiger partial charge >= 0.3 is 0 Å². The minimum atomic E-state index is -0.0643. The second-order valence-electron chi connectivity index (χ2n) is 5.60. The molecule has 0 saturated heterocycles. The molecular weight excluding hydrogens is 252 g/mol. The lowest BCUT2D eigenvalue weighted by atomic mass is 10.2. The highest BCUT2D eigenvalue weighted by atomic mass is 16.5. The lowest BCUT2D eigenvalue weighted by Crippen LogP contribution is -2.34. The molecule has 0 fully saturated rings. The maximum atomic E-state index is 12.0. The van der Waals surface area contributed by atoms with Gasteiger partial charge in [-0.2, -0.15) is 0 Å². The van der Waals surface area contributed by atoms with Crippen LogP contribution in [0.2, 0.25) is 0 Å². The first-order chi connectivity index (χ1) is 9.49. The van der Waals surface area contributed by atoms with E-state index in [2.05, 4.69) is 38.3 Å². The number of benzene rings is 1. The molecule has 4 nitrogen and oxygen atoms in total. The SMILES string of the molecule is CC(C)COc1cccc(C(=O)NCCNC(C)C)c1. The highest BCUT2D eigenvalue weighted by Crippen LogP contribution is 2.14. The Bertz CT molecular complexity index is 417. The van der Waals surface area contributed by atoms with Crippen LogP contribution in [-0.4, -0.2) is 31.6 Å². The lowest BCUT2D eigenvalue weighted by Gasteiger charge is -2.11. The molecule has 4 heteroatoms. The molecular formula is C16H26N2O2. The summed E-state index contributed by atoms with van der Waals surface area (Å²) >= 11 is 0. The van der Waals surface area contributed by atoms with Crippen molar-refractivity contribution in [3.8, 4) is 5.75 Å². The number of amides is 1. The molecule has 0 heterocycles. The summed E-state index contributed by atoms with van der Waals surface area (Å²) in [5.74, 6) is 1.15. The van der Waals surface area contributed by atoms with Crippen molar-refractivity contribution in [1.29, 1.82) is 0 Å². The molecule has 0 aromatic heterocycles. The highest BCUT2D eigenvalue weighted by Gasteiger charge is 2.06. The van der Waals surface area contributed by atoms with E-state index in [9.17, 15) is 4.79 Å². The van der Waals surface area contributed by atoms with E-state index in [1.54, 1.807) is 12.1 Å². The van der Waals surface area contributed by atoms with Crippen molar-refractivity contribution in [3.05, 3.63) is 29.8 Å². The van der Waals surface area contributed by atoms with Crippen LogP contribution < -0.4 is 15.4 Å². The average molecular weight is 278 g/mol. The average Bonchev–Trinajstić information content (AvgIpc) is 2.41. The van der Waals surface area contributed by atoms with E-state index in [1.165, 1.54) is 0 Å². The third-order valence-electron chi connectivity index (χ3n) is 2.64. The molecule has 112 valence electrons. The molecule has 1 amide bonds. The fourth-order valence-electron chi connectivity index (χ4n) is 1.63. The van der Waals surface area contributed by atoms with Crippen molar-refractivity contribution in [2.45, 2.75) is 33.7 Å². The molecule has 2 N–H and O–H groups in total. The van der Waals surface area contributed by atoms with Crippen molar-refractivity contribution in [3.63, 3.8) is 0 Å². The Morgan fingerprint density at radius 1 is 1.20 bits per heavy atom. The van der Waals surface area contributed by atoms with Crippen molar-refractivity contribution < 1.29 is 9.53 Å². The fraction of sp³-hybridized carbons (Fsp3) is 0.562. The summed E-state index contributed by atoms with van der Waals surface area (Å²) < 4.78 is 5.62. The second-order valence-corrected chi connectivity index (χ2v) is 5.60. The highest BCUT2D eigenvalue weighted by molar-refractivity contribution is 5.94. The summed E-state index contributed by atoms with van der Waals surface area (Å²) in [4.78, 5) is 12.0. The number of rotatable bonds is 8. The van der Waals surface area contributed by atoms with Gasteiger partial charge in [-0.1, -0.05) is 33.8 Å². The molecule has 0 unspecified atom stereocenters. The van der Waals surface area contributed by atoms with Crippen LogP contribution in [0.3, 0.4) is 0 Å². The van der Waals surface area contributed by atoms with Crippen molar-refractivity contribution in [2.75, 3.05) is 19.7 Å². The third kappa shape index (κ3) is 6.57. The molecule has 1 rings (SSSR count). The Labute approximate surface area is 121 Å². The van der Waals surface area contributed by atoms with Gasteiger partial charge in [-0.05, 0) is 24.1 Å². The maximum absolute atomic E-state index is 12.0. The van der Waals surface area contributed by atoms with Crippen LogP contribution in [0.4, 0.5) is 0 Å². The zero-order valence-corrected chi connectivity index (χ0v) is 12.9. The van der Waals surface area contributed by atoms with Crippen LogP contribution in [0.1, 0.15) is 38.1 Å². The Morgan fingerprint density at radius 3 is 2.60 bits per heavy atom. The number of ether oxygens (including phenoxy) is 1. The van der Waals surface area contributed by atoms with Gasteiger partial charge in [0, 0.05) is 24.7 Å². The van der Waals surface area contributed by atoms with E-state index in [-0.39, 0.29) is 5.91 Å². The van der Waals surface area contributed by atoms with Crippen LogP contribution in [0.15, 0.2) is 24.3 Å². The molecule has 0 atom stereocenters. The predicted octanol–water partition coefficient (Wildman–Crippen LogP) is 2.45. The second kappa shape index (κ2) is 8.59. The quantitative estimate of drug-likeness (QED) is 0.718. The summed E-state index contributed by atoms with van der Waals surface area (Å²) in [6, 6.07) is 7.73. The van der Waals surface area contributed by atoms with Crippen LogP contribution in [-0.2, 0) is 0 Å². The Kier molecular flexibility index (Phi) is 7.09. The molecule has 1 aromatic rings. The van der Waals surface area contributed by atoms with Gasteiger partial charge in [0.1, 0.15) is 5.75 Å². The normalized spacial score (nSPS) is 10.9. The fourth-order valence-corrected chi connectivity index (χ4v) is 1.63. The van der Waals surface area contributed by atoms with E-state index >= 15 is 0 Å². The molecule has 0 aliphatic carbocycles. The van der Waals surface area contributed by atoms with Gasteiger partial charge in [0.25, 0.3) is 5.91 Å². The van der Waals surface area contributed by atoms with Crippen molar-refractivity contribution in [1.82, 2.24) is 10.6 Å². The number of hydrogen-bond donors (Lipinski definition) is 2. The largest absolute Gasteiger partial charge is 0.493 e. The van der Waals surface area contributed by atoms with Gasteiger partial charge in [0.15, 0.2) is 0 Å². The van der Waals surface area contributed by atoms with E-state index in [0.717, 1.165) is 12.3 Å². The van der Waals surface area contributed by atoms with Gasteiger partial charge in [0.2, 0.25) is 0 Å². The van der Waals surface area contributed by atoms with Crippen molar-refractivity contribution in [2.24, 2.45) is 5.92 Å². The lowest BCUT2D eigenvalue weighted by molar-refractivity contribution is 0.0953. The van der Waals surface area contributed by atoms with E-state index in [1.807, 2.05) is 12.1 Å². The van der Waals surface area contributed by atoms with E-state index in [0.29, 0.717) is 30.7 Å². The first kappa shape index (κ1) is 16.5. The smallest absolute Gasteiger partial charge is 0.251 e. The Morgan fingerprint density at radius 2 is 1.95 bits per heavy atom. The summed E-state index contributed by atoms with van der Waals surface area (Å²) in [6.07, 6.45) is 0.